The van der Waals surface area contributed by atoms with Crippen LogP contribution >= 0.6 is 15.9 Å². The lowest BCUT2D eigenvalue weighted by Crippen LogP contribution is -2.12. The van der Waals surface area contributed by atoms with Crippen LogP contribution in [0.15, 0.2) is 37.9 Å². The molecule has 0 spiro atoms. The molecule has 0 saturated heterocycles. The van der Waals surface area contributed by atoms with Gasteiger partial charge < -0.3 is 14.9 Å². The number of anilines is 1. The molecular weight excluding hydrogens is 352 g/mol. The first kappa shape index (κ1) is 14.5. The van der Waals surface area contributed by atoms with Gasteiger partial charge in [-0.15, -0.1) is 0 Å². The van der Waals surface area contributed by atoms with Gasteiger partial charge in [-0.1, -0.05) is 15.9 Å². The maximum absolute atomic E-state index is 12.6. The van der Waals surface area contributed by atoms with Crippen molar-refractivity contribution in [2.75, 3.05) is 12.3 Å². The number of nitrogen functional groups attached to an aromatic ring is 1. The standard InChI is InChI=1S/C15H11BrN2O4/c1-2-21-15(20)10-6-9-12(19)8-5-7(16)3-4-11(8)22-14(9)18-13(10)17/h3-6H,2H2,1H3,(H2,17,18). The van der Waals surface area contributed by atoms with E-state index in [-0.39, 0.29) is 34.5 Å². The number of rotatable bonds is 2. The summed E-state index contributed by atoms with van der Waals surface area (Å²) in [6.07, 6.45) is 0. The second kappa shape index (κ2) is 5.42. The van der Waals surface area contributed by atoms with Crippen molar-refractivity contribution < 1.29 is 13.9 Å². The van der Waals surface area contributed by atoms with Crippen LogP contribution in [-0.4, -0.2) is 17.6 Å². The normalized spacial score (nSPS) is 11.0. The predicted octanol–water partition coefficient (Wildman–Crippen LogP) is 2.86. The summed E-state index contributed by atoms with van der Waals surface area (Å²) in [4.78, 5) is 28.4. The maximum atomic E-state index is 12.6. The van der Waals surface area contributed by atoms with Gasteiger partial charge in [-0.05, 0) is 31.2 Å². The van der Waals surface area contributed by atoms with E-state index >= 15 is 0 Å². The monoisotopic (exact) mass is 362 g/mol. The molecule has 3 aromatic rings. The Morgan fingerprint density at radius 1 is 1.36 bits per heavy atom. The predicted molar refractivity (Wildman–Crippen MR) is 85.9 cm³/mol. The Morgan fingerprint density at radius 2 is 2.14 bits per heavy atom. The van der Waals surface area contributed by atoms with E-state index in [1.807, 2.05) is 0 Å². The van der Waals surface area contributed by atoms with E-state index in [1.54, 1.807) is 25.1 Å². The molecule has 0 aliphatic carbocycles. The fraction of sp³-hybridized carbons (Fsp3) is 0.133. The minimum Gasteiger partial charge on any atom is -0.462 e. The lowest BCUT2D eigenvalue weighted by atomic mass is 10.1. The van der Waals surface area contributed by atoms with Gasteiger partial charge in [0.1, 0.15) is 17.0 Å². The molecule has 112 valence electrons. The van der Waals surface area contributed by atoms with Gasteiger partial charge in [-0.2, -0.15) is 4.98 Å². The molecule has 3 rings (SSSR count). The number of nitrogens with two attached hydrogens (primary N) is 1. The topological polar surface area (TPSA) is 95.4 Å². The molecule has 1 aromatic carbocycles. The van der Waals surface area contributed by atoms with Crippen LogP contribution in [-0.2, 0) is 4.74 Å². The average molecular weight is 363 g/mol. The van der Waals surface area contributed by atoms with Gasteiger partial charge in [-0.3, -0.25) is 4.79 Å². The summed E-state index contributed by atoms with van der Waals surface area (Å²) in [6.45, 7) is 1.89. The van der Waals surface area contributed by atoms with Crippen LogP contribution in [0.4, 0.5) is 5.82 Å². The van der Waals surface area contributed by atoms with Crippen LogP contribution in [0, 0.1) is 0 Å². The quantitative estimate of drug-likeness (QED) is 0.556. The summed E-state index contributed by atoms with van der Waals surface area (Å²) in [5.74, 6) is -0.659. The third-order valence-corrected chi connectivity index (χ3v) is 3.64. The van der Waals surface area contributed by atoms with Crippen LogP contribution in [0.2, 0.25) is 0 Å². The molecular formula is C15H11BrN2O4. The first-order valence-electron chi connectivity index (χ1n) is 6.51. The molecule has 0 bridgehead atoms. The van der Waals surface area contributed by atoms with Crippen molar-refractivity contribution in [3.05, 3.63) is 44.5 Å². The zero-order chi connectivity index (χ0) is 15.9. The fourth-order valence-corrected chi connectivity index (χ4v) is 2.50. The highest BCUT2D eigenvalue weighted by Gasteiger charge is 2.17. The number of halogens is 1. The number of aromatic nitrogens is 1. The molecule has 0 saturated carbocycles. The molecule has 0 aliphatic rings. The van der Waals surface area contributed by atoms with Crippen molar-refractivity contribution >= 4 is 49.8 Å². The number of carbonyl (C=O) groups excluding carboxylic acids is 1. The molecule has 0 fully saturated rings. The molecule has 2 heterocycles. The Kier molecular flexibility index (Phi) is 3.58. The summed E-state index contributed by atoms with van der Waals surface area (Å²) < 4.78 is 11.2. The summed E-state index contributed by atoms with van der Waals surface area (Å²) in [6, 6.07) is 6.44. The maximum Gasteiger partial charge on any atom is 0.341 e. The van der Waals surface area contributed by atoms with E-state index < -0.39 is 5.97 Å². The van der Waals surface area contributed by atoms with Gasteiger partial charge in [0.2, 0.25) is 11.1 Å². The number of pyridine rings is 1. The van der Waals surface area contributed by atoms with E-state index in [0.29, 0.717) is 11.0 Å². The van der Waals surface area contributed by atoms with Crippen LogP contribution in [0.25, 0.3) is 22.1 Å². The summed E-state index contributed by atoms with van der Waals surface area (Å²) in [7, 11) is 0. The van der Waals surface area contributed by atoms with Crippen LogP contribution in [0.1, 0.15) is 17.3 Å². The number of carbonyl (C=O) groups is 1. The Morgan fingerprint density at radius 3 is 2.86 bits per heavy atom. The Bertz CT molecular complexity index is 965. The molecule has 0 unspecified atom stereocenters. The summed E-state index contributed by atoms with van der Waals surface area (Å²) in [5, 5.41) is 0.575. The number of fused-ring (bicyclic) bond motifs is 2. The van der Waals surface area contributed by atoms with E-state index in [0.717, 1.165) is 4.47 Å². The highest BCUT2D eigenvalue weighted by molar-refractivity contribution is 9.10. The Hall–Kier alpha value is -2.41. The largest absolute Gasteiger partial charge is 0.462 e. The first-order valence-corrected chi connectivity index (χ1v) is 7.30. The zero-order valence-corrected chi connectivity index (χ0v) is 13.1. The zero-order valence-electron chi connectivity index (χ0n) is 11.6. The van der Waals surface area contributed by atoms with Crippen molar-refractivity contribution in [3.8, 4) is 0 Å². The van der Waals surface area contributed by atoms with E-state index in [4.69, 9.17) is 14.9 Å². The van der Waals surface area contributed by atoms with Crippen LogP contribution in [0.3, 0.4) is 0 Å². The number of hydrogen-bond donors (Lipinski definition) is 1. The second-order valence-electron chi connectivity index (χ2n) is 4.57. The Balaban J connectivity index is 2.35. The SMILES string of the molecule is CCOC(=O)c1cc2c(=O)c3cc(Br)ccc3oc2nc1N. The highest BCUT2D eigenvalue weighted by Crippen LogP contribution is 2.23. The van der Waals surface area contributed by atoms with Crippen molar-refractivity contribution in [3.63, 3.8) is 0 Å². The Labute approximate surface area is 133 Å². The van der Waals surface area contributed by atoms with Crippen molar-refractivity contribution in [1.82, 2.24) is 4.98 Å². The number of hydrogen-bond acceptors (Lipinski definition) is 6. The molecule has 6 nitrogen and oxygen atoms in total. The van der Waals surface area contributed by atoms with Crippen molar-refractivity contribution in [2.45, 2.75) is 6.92 Å². The van der Waals surface area contributed by atoms with Gasteiger partial charge >= 0.3 is 5.97 Å². The van der Waals surface area contributed by atoms with Gasteiger partial charge in [0.05, 0.1) is 17.4 Å². The molecule has 22 heavy (non-hydrogen) atoms. The van der Waals surface area contributed by atoms with Crippen LogP contribution in [0.5, 0.6) is 0 Å². The van der Waals surface area contributed by atoms with E-state index in [2.05, 4.69) is 20.9 Å². The third-order valence-electron chi connectivity index (χ3n) is 3.15. The third kappa shape index (κ3) is 2.33. The summed E-state index contributed by atoms with van der Waals surface area (Å²) in [5.41, 5.74) is 6.01. The lowest BCUT2D eigenvalue weighted by molar-refractivity contribution is 0.0527. The van der Waals surface area contributed by atoms with Gasteiger partial charge in [-0.25, -0.2) is 4.79 Å². The van der Waals surface area contributed by atoms with E-state index in [9.17, 15) is 9.59 Å². The lowest BCUT2D eigenvalue weighted by Gasteiger charge is -2.06. The number of benzene rings is 1. The number of ether oxygens (including phenoxy) is 1. The average Bonchev–Trinajstić information content (AvgIpc) is 2.48. The first-order chi connectivity index (χ1) is 10.5. The molecule has 2 N–H and O–H groups in total. The van der Waals surface area contributed by atoms with E-state index in [1.165, 1.54) is 6.07 Å². The molecule has 0 atom stereocenters. The number of esters is 1. The fourth-order valence-electron chi connectivity index (χ4n) is 2.14. The molecule has 0 radical (unpaired) electrons. The minimum atomic E-state index is -0.622. The van der Waals surface area contributed by atoms with Gasteiger partial charge in [0.25, 0.3) is 0 Å². The summed E-state index contributed by atoms with van der Waals surface area (Å²) >= 11 is 3.31. The van der Waals surface area contributed by atoms with Crippen molar-refractivity contribution in [1.29, 1.82) is 0 Å². The molecule has 7 heteroatoms. The minimum absolute atomic E-state index is 0.0365. The smallest absolute Gasteiger partial charge is 0.341 e. The number of nitrogens with zero attached hydrogens (tertiary/aromatic N) is 1. The van der Waals surface area contributed by atoms with Crippen molar-refractivity contribution in [2.24, 2.45) is 0 Å². The van der Waals surface area contributed by atoms with Crippen LogP contribution < -0.4 is 11.2 Å². The molecule has 0 aliphatic heterocycles. The van der Waals surface area contributed by atoms with Gasteiger partial charge in [0, 0.05) is 4.47 Å². The second-order valence-corrected chi connectivity index (χ2v) is 5.48. The molecule has 2 aromatic heterocycles. The van der Waals surface area contributed by atoms with Gasteiger partial charge in [0.15, 0.2) is 0 Å². The highest BCUT2D eigenvalue weighted by atomic mass is 79.9. The molecule has 0 amide bonds.